The number of aromatic carboxylic acids is 1. The van der Waals surface area contributed by atoms with Gasteiger partial charge in [0.25, 0.3) is 0 Å². The van der Waals surface area contributed by atoms with E-state index in [1.54, 1.807) is 6.07 Å². The van der Waals surface area contributed by atoms with Crippen LogP contribution in [-0.2, 0) is 0 Å². The SMILES string of the molecule is C#CCCCNC(=O)Nc1cccnc1C(=O)O. The molecule has 0 aliphatic rings. The first-order valence-corrected chi connectivity index (χ1v) is 5.31. The summed E-state index contributed by atoms with van der Waals surface area (Å²) >= 11 is 0. The Balaban J connectivity index is 2.54. The molecule has 0 atom stereocenters. The van der Waals surface area contributed by atoms with Gasteiger partial charge in [-0.1, -0.05) is 0 Å². The third-order valence-electron chi connectivity index (χ3n) is 2.04. The summed E-state index contributed by atoms with van der Waals surface area (Å²) < 4.78 is 0. The number of urea groups is 1. The Hall–Kier alpha value is -2.55. The maximum atomic E-state index is 11.5. The fraction of sp³-hybridized carbons (Fsp3) is 0.250. The summed E-state index contributed by atoms with van der Waals surface area (Å²) in [7, 11) is 0. The summed E-state index contributed by atoms with van der Waals surface area (Å²) in [4.78, 5) is 26.0. The summed E-state index contributed by atoms with van der Waals surface area (Å²) in [6.45, 7) is 0.429. The molecular weight excluding hydrogens is 234 g/mol. The first-order valence-electron chi connectivity index (χ1n) is 5.31. The number of pyridine rings is 1. The van der Waals surface area contributed by atoms with Crippen LogP contribution in [0.3, 0.4) is 0 Å². The molecule has 1 aromatic rings. The molecule has 0 fully saturated rings. The van der Waals surface area contributed by atoms with Gasteiger partial charge in [0, 0.05) is 19.2 Å². The molecule has 94 valence electrons. The number of nitrogens with one attached hydrogen (secondary N) is 2. The molecule has 0 aromatic carbocycles. The quantitative estimate of drug-likeness (QED) is 0.540. The number of nitrogens with zero attached hydrogens (tertiary/aromatic N) is 1. The van der Waals surface area contributed by atoms with E-state index in [0.717, 1.165) is 0 Å². The summed E-state index contributed by atoms with van der Waals surface area (Å²) in [6.07, 6.45) is 7.66. The average molecular weight is 247 g/mol. The van der Waals surface area contributed by atoms with Crippen LogP contribution in [0.4, 0.5) is 10.5 Å². The lowest BCUT2D eigenvalue weighted by atomic mass is 10.3. The van der Waals surface area contributed by atoms with Gasteiger partial charge in [-0.2, -0.15) is 0 Å². The topological polar surface area (TPSA) is 91.3 Å². The number of unbranched alkanes of at least 4 members (excludes halogenated alkanes) is 1. The molecule has 0 aliphatic heterocycles. The number of terminal acetylenes is 1. The van der Waals surface area contributed by atoms with Gasteiger partial charge in [-0.3, -0.25) is 0 Å². The van der Waals surface area contributed by atoms with Gasteiger partial charge in [0.2, 0.25) is 0 Å². The van der Waals surface area contributed by atoms with Gasteiger partial charge in [-0.25, -0.2) is 14.6 Å². The number of carbonyl (C=O) groups excluding carboxylic acids is 1. The van der Waals surface area contributed by atoms with E-state index < -0.39 is 12.0 Å². The fourth-order valence-electron chi connectivity index (χ4n) is 1.24. The predicted octanol–water partition coefficient (Wildman–Crippen LogP) is 1.31. The minimum Gasteiger partial charge on any atom is -0.476 e. The molecule has 0 spiro atoms. The number of hydrogen-bond acceptors (Lipinski definition) is 3. The minimum absolute atomic E-state index is 0.152. The largest absolute Gasteiger partial charge is 0.476 e. The van der Waals surface area contributed by atoms with Crippen LogP contribution in [0.1, 0.15) is 23.3 Å². The number of carboxylic acid groups (broad SMARTS) is 1. The second-order valence-corrected chi connectivity index (χ2v) is 3.39. The van der Waals surface area contributed by atoms with Crippen molar-refractivity contribution in [3.63, 3.8) is 0 Å². The van der Waals surface area contributed by atoms with Crippen LogP contribution in [0.15, 0.2) is 18.3 Å². The molecule has 0 aliphatic carbocycles. The molecule has 0 saturated heterocycles. The Morgan fingerprint density at radius 3 is 2.94 bits per heavy atom. The van der Waals surface area contributed by atoms with Gasteiger partial charge >= 0.3 is 12.0 Å². The van der Waals surface area contributed by atoms with Crippen molar-refractivity contribution in [3.05, 3.63) is 24.0 Å². The van der Waals surface area contributed by atoms with Gasteiger partial charge in [-0.05, 0) is 18.6 Å². The van der Waals surface area contributed by atoms with Crippen molar-refractivity contribution >= 4 is 17.7 Å². The van der Waals surface area contributed by atoms with Crippen molar-refractivity contribution in [2.24, 2.45) is 0 Å². The lowest BCUT2D eigenvalue weighted by Gasteiger charge is -2.08. The van der Waals surface area contributed by atoms with E-state index in [4.69, 9.17) is 11.5 Å². The van der Waals surface area contributed by atoms with Crippen LogP contribution in [-0.4, -0.2) is 28.6 Å². The van der Waals surface area contributed by atoms with Crippen LogP contribution >= 0.6 is 0 Å². The Morgan fingerprint density at radius 1 is 1.50 bits per heavy atom. The summed E-state index contributed by atoms with van der Waals surface area (Å²) in [5.74, 6) is 1.26. The fourth-order valence-corrected chi connectivity index (χ4v) is 1.24. The van der Waals surface area contributed by atoms with Crippen LogP contribution in [0.2, 0.25) is 0 Å². The Bertz CT molecular complexity index is 480. The van der Waals surface area contributed by atoms with Crippen molar-refractivity contribution in [2.75, 3.05) is 11.9 Å². The Labute approximate surface area is 104 Å². The Morgan fingerprint density at radius 2 is 2.28 bits per heavy atom. The van der Waals surface area contributed by atoms with Crippen molar-refractivity contribution in [3.8, 4) is 12.3 Å². The standard InChI is InChI=1S/C12H13N3O3/c1-2-3-4-7-14-12(18)15-9-6-5-8-13-10(9)11(16)17/h1,5-6,8H,3-4,7H2,(H,16,17)(H2,14,15,18). The number of carbonyl (C=O) groups is 2. The van der Waals surface area contributed by atoms with Gasteiger partial charge in [-0.15, -0.1) is 12.3 Å². The third kappa shape index (κ3) is 4.14. The number of anilines is 1. The Kier molecular flexibility index (Phi) is 5.19. The third-order valence-corrected chi connectivity index (χ3v) is 2.04. The average Bonchev–Trinajstić information content (AvgIpc) is 2.35. The summed E-state index contributed by atoms with van der Waals surface area (Å²) in [5, 5.41) is 13.9. The monoisotopic (exact) mass is 247 g/mol. The molecular formula is C12H13N3O3. The summed E-state index contributed by atoms with van der Waals surface area (Å²) in [6, 6.07) is 2.53. The van der Waals surface area contributed by atoms with Crippen LogP contribution in [0.5, 0.6) is 0 Å². The first kappa shape index (κ1) is 13.5. The lowest BCUT2D eigenvalue weighted by Crippen LogP contribution is -2.30. The maximum Gasteiger partial charge on any atom is 0.356 e. The summed E-state index contributed by atoms with van der Waals surface area (Å²) in [5.41, 5.74) is -0.0456. The first-order chi connectivity index (χ1) is 8.65. The normalized spacial score (nSPS) is 9.28. The zero-order chi connectivity index (χ0) is 13.4. The molecule has 1 heterocycles. The maximum absolute atomic E-state index is 11.5. The van der Waals surface area contributed by atoms with E-state index in [9.17, 15) is 9.59 Å². The van der Waals surface area contributed by atoms with Crippen molar-refractivity contribution in [2.45, 2.75) is 12.8 Å². The zero-order valence-electron chi connectivity index (χ0n) is 9.64. The smallest absolute Gasteiger partial charge is 0.356 e. The highest BCUT2D eigenvalue weighted by Crippen LogP contribution is 2.11. The van der Waals surface area contributed by atoms with E-state index in [1.165, 1.54) is 12.3 Å². The highest BCUT2D eigenvalue weighted by atomic mass is 16.4. The van der Waals surface area contributed by atoms with Gasteiger partial charge in [0.1, 0.15) is 0 Å². The highest BCUT2D eigenvalue weighted by molar-refractivity contribution is 5.98. The van der Waals surface area contributed by atoms with E-state index in [-0.39, 0.29) is 11.4 Å². The van der Waals surface area contributed by atoms with Gasteiger partial charge in [0.15, 0.2) is 5.69 Å². The van der Waals surface area contributed by atoms with Crippen LogP contribution in [0.25, 0.3) is 0 Å². The molecule has 6 nitrogen and oxygen atoms in total. The molecule has 1 aromatic heterocycles. The molecule has 6 heteroatoms. The number of amides is 2. The number of carboxylic acids is 1. The zero-order valence-corrected chi connectivity index (χ0v) is 9.64. The van der Waals surface area contributed by atoms with Crippen molar-refractivity contribution in [1.29, 1.82) is 0 Å². The molecule has 0 saturated carbocycles. The number of rotatable bonds is 5. The molecule has 3 N–H and O–H groups in total. The molecule has 2 amide bonds. The van der Waals surface area contributed by atoms with Crippen molar-refractivity contribution in [1.82, 2.24) is 10.3 Å². The molecule has 1 rings (SSSR count). The second kappa shape index (κ2) is 6.91. The molecule has 0 radical (unpaired) electrons. The minimum atomic E-state index is -1.20. The van der Waals surface area contributed by atoms with Gasteiger partial charge < -0.3 is 15.7 Å². The van der Waals surface area contributed by atoms with Crippen LogP contribution in [0, 0.1) is 12.3 Å². The van der Waals surface area contributed by atoms with E-state index in [2.05, 4.69) is 21.5 Å². The lowest BCUT2D eigenvalue weighted by molar-refractivity contribution is 0.0692. The molecule has 0 bridgehead atoms. The second-order valence-electron chi connectivity index (χ2n) is 3.39. The number of aromatic nitrogens is 1. The van der Waals surface area contributed by atoms with Crippen molar-refractivity contribution < 1.29 is 14.7 Å². The van der Waals surface area contributed by atoms with E-state index in [0.29, 0.717) is 19.4 Å². The van der Waals surface area contributed by atoms with Crippen LogP contribution < -0.4 is 10.6 Å². The highest BCUT2D eigenvalue weighted by Gasteiger charge is 2.12. The van der Waals surface area contributed by atoms with Gasteiger partial charge in [0.05, 0.1) is 5.69 Å². The number of hydrogen-bond donors (Lipinski definition) is 3. The molecule has 18 heavy (non-hydrogen) atoms. The van der Waals surface area contributed by atoms with E-state index >= 15 is 0 Å². The predicted molar refractivity (Wildman–Crippen MR) is 66.3 cm³/mol. The van der Waals surface area contributed by atoms with E-state index in [1.807, 2.05) is 0 Å². The molecule has 0 unspecified atom stereocenters.